The lowest BCUT2D eigenvalue weighted by molar-refractivity contribution is -0.0710. The number of nitrogens with zero attached hydrogens (tertiary/aromatic N) is 2. The van der Waals surface area contributed by atoms with Gasteiger partial charge < -0.3 is 25.0 Å². The predicted octanol–water partition coefficient (Wildman–Crippen LogP) is 1.70. The Kier molecular flexibility index (Phi) is 8.62. The second-order valence-electron chi connectivity index (χ2n) is 7.90. The lowest BCUT2D eigenvalue weighted by Crippen LogP contribution is -2.38. The van der Waals surface area contributed by atoms with E-state index in [1.54, 1.807) is 54.6 Å². The third-order valence-electron chi connectivity index (χ3n) is 5.51. The van der Waals surface area contributed by atoms with Crippen LogP contribution in [0.2, 0.25) is 0 Å². The largest absolute Gasteiger partial charge is 0.394 e. The molecule has 3 N–H and O–H groups in total. The second-order valence-corrected chi connectivity index (χ2v) is 8.97. The van der Waals surface area contributed by atoms with Gasteiger partial charge in [0.25, 0.3) is 5.91 Å². The molecule has 0 radical (unpaired) electrons. The first kappa shape index (κ1) is 25.7. The van der Waals surface area contributed by atoms with Crippen LogP contribution in [0.4, 0.5) is 5.82 Å². The molecule has 4 rings (SSSR count). The number of benzene rings is 2. The van der Waals surface area contributed by atoms with Gasteiger partial charge in [-0.3, -0.25) is 14.2 Å². The number of carbonyl (C=O) groups is 2. The van der Waals surface area contributed by atoms with E-state index in [-0.39, 0.29) is 17.5 Å². The Hall–Kier alpha value is -3.35. The normalized spacial score (nSPS) is 21.3. The van der Waals surface area contributed by atoms with Crippen molar-refractivity contribution in [3.05, 3.63) is 94.5 Å². The maximum Gasteiger partial charge on any atom is 0.351 e. The van der Waals surface area contributed by atoms with Gasteiger partial charge in [0.15, 0.2) is 6.23 Å². The molecule has 1 aliphatic heterocycles. The van der Waals surface area contributed by atoms with E-state index in [1.807, 2.05) is 6.07 Å². The second kappa shape index (κ2) is 12.1. The van der Waals surface area contributed by atoms with Gasteiger partial charge in [0.05, 0.1) is 13.2 Å². The van der Waals surface area contributed by atoms with E-state index >= 15 is 0 Å². The first-order valence-electron chi connectivity index (χ1n) is 11.2. The molecule has 1 fully saturated rings. The van der Waals surface area contributed by atoms with Crippen molar-refractivity contribution in [2.75, 3.05) is 24.3 Å². The fourth-order valence-corrected chi connectivity index (χ4v) is 4.37. The van der Waals surface area contributed by atoms with E-state index in [4.69, 9.17) is 9.47 Å². The minimum Gasteiger partial charge on any atom is -0.394 e. The molecule has 0 saturated carbocycles. The molecule has 1 aliphatic rings. The number of thioether (sulfide) groups is 1. The lowest BCUT2D eigenvalue weighted by Gasteiger charge is -2.22. The molecule has 4 atom stereocenters. The van der Waals surface area contributed by atoms with Gasteiger partial charge in [-0.1, -0.05) is 60.3 Å². The molecule has 11 heteroatoms. The Balaban J connectivity index is 1.41. The summed E-state index contributed by atoms with van der Waals surface area (Å²) in [6, 6.07) is 18.7. The third-order valence-corrected chi connectivity index (χ3v) is 6.38. The number of anilines is 1. The molecule has 36 heavy (non-hydrogen) atoms. The summed E-state index contributed by atoms with van der Waals surface area (Å²) < 4.78 is 12.6. The van der Waals surface area contributed by atoms with Crippen LogP contribution < -0.4 is 11.0 Å². The predicted molar refractivity (Wildman–Crippen MR) is 133 cm³/mol. The molecule has 1 aromatic heterocycles. The molecule has 10 nitrogen and oxygen atoms in total. The summed E-state index contributed by atoms with van der Waals surface area (Å²) in [6.07, 6.45) is -2.86. The van der Waals surface area contributed by atoms with E-state index in [2.05, 4.69) is 10.3 Å². The van der Waals surface area contributed by atoms with Crippen LogP contribution in [-0.2, 0) is 9.47 Å². The van der Waals surface area contributed by atoms with Crippen LogP contribution in [0.5, 0.6) is 0 Å². The maximum atomic E-state index is 12.7. The average molecular weight is 512 g/mol. The monoisotopic (exact) mass is 511 g/mol. The van der Waals surface area contributed by atoms with Gasteiger partial charge in [0, 0.05) is 23.1 Å². The van der Waals surface area contributed by atoms with Gasteiger partial charge in [-0.05, 0) is 18.2 Å². The van der Waals surface area contributed by atoms with Crippen LogP contribution in [-0.4, -0.2) is 68.1 Å². The topological polar surface area (TPSA) is 140 Å². The van der Waals surface area contributed by atoms with Crippen molar-refractivity contribution in [3.63, 3.8) is 0 Å². The van der Waals surface area contributed by atoms with Crippen LogP contribution in [0.1, 0.15) is 26.9 Å². The van der Waals surface area contributed by atoms with E-state index in [0.717, 1.165) is 16.3 Å². The Bertz CT molecular complexity index is 1240. The van der Waals surface area contributed by atoms with Gasteiger partial charge in [-0.15, -0.1) is 0 Å². The minimum atomic E-state index is -1.21. The number of ether oxygens (including phenoxy) is 2. The fourth-order valence-electron chi connectivity index (χ4n) is 3.70. The average Bonchev–Trinajstić information content (AvgIpc) is 3.22. The van der Waals surface area contributed by atoms with E-state index in [0.29, 0.717) is 16.9 Å². The number of hydrogen-bond donors (Lipinski definition) is 3. The van der Waals surface area contributed by atoms with Crippen LogP contribution in [0.3, 0.4) is 0 Å². The molecule has 188 valence electrons. The number of hydrogen-bond acceptors (Lipinski definition) is 9. The minimum absolute atomic E-state index is 0.0515. The van der Waals surface area contributed by atoms with Crippen LogP contribution in [0, 0.1) is 0 Å². The van der Waals surface area contributed by atoms with Gasteiger partial charge in [-0.2, -0.15) is 4.98 Å². The summed E-state index contributed by atoms with van der Waals surface area (Å²) >= 11 is 1.07. The summed E-state index contributed by atoms with van der Waals surface area (Å²) in [5.74, 6) is -0.0574. The number of carbonyl (C=O) groups excluding carboxylic acids is 2. The van der Waals surface area contributed by atoms with Crippen molar-refractivity contribution in [1.82, 2.24) is 9.55 Å². The number of aliphatic hydroxyl groups is 2. The third kappa shape index (κ3) is 6.07. The SMILES string of the molecule is O=C(Nc1ccn([C@@H]2O[C@H](CO)[C@@H](O)[C@H]2OCCSC(=O)c2ccccc2)c(=O)n1)c1ccccc1. The highest BCUT2D eigenvalue weighted by Crippen LogP contribution is 2.31. The zero-order chi connectivity index (χ0) is 25.5. The number of aliphatic hydroxyl groups excluding tert-OH is 2. The zero-order valence-electron chi connectivity index (χ0n) is 19.1. The first-order valence-corrected chi connectivity index (χ1v) is 12.2. The molecule has 1 saturated heterocycles. The highest BCUT2D eigenvalue weighted by molar-refractivity contribution is 8.14. The van der Waals surface area contributed by atoms with E-state index in [1.165, 1.54) is 12.3 Å². The summed E-state index contributed by atoms with van der Waals surface area (Å²) in [7, 11) is 0. The highest BCUT2D eigenvalue weighted by Gasteiger charge is 2.45. The summed E-state index contributed by atoms with van der Waals surface area (Å²) in [5.41, 5.74) is 0.245. The summed E-state index contributed by atoms with van der Waals surface area (Å²) in [4.78, 5) is 41.2. The Morgan fingerprint density at radius 2 is 1.72 bits per heavy atom. The first-order chi connectivity index (χ1) is 17.5. The maximum absolute atomic E-state index is 12.7. The molecule has 2 heterocycles. The van der Waals surface area contributed by atoms with Crippen LogP contribution in [0.15, 0.2) is 77.7 Å². The van der Waals surface area contributed by atoms with Crippen LogP contribution in [0.25, 0.3) is 0 Å². The van der Waals surface area contributed by atoms with Gasteiger partial charge in [0.2, 0.25) is 5.12 Å². The highest BCUT2D eigenvalue weighted by atomic mass is 32.2. The van der Waals surface area contributed by atoms with Crippen molar-refractivity contribution in [3.8, 4) is 0 Å². The molecule has 0 unspecified atom stereocenters. The Morgan fingerprint density at radius 3 is 2.36 bits per heavy atom. The quantitative estimate of drug-likeness (QED) is 0.366. The van der Waals surface area contributed by atoms with E-state index in [9.17, 15) is 24.6 Å². The smallest absolute Gasteiger partial charge is 0.351 e. The fraction of sp³-hybridized carbons (Fsp3) is 0.280. The lowest BCUT2D eigenvalue weighted by atomic mass is 10.1. The van der Waals surface area contributed by atoms with Gasteiger partial charge >= 0.3 is 5.69 Å². The molecular weight excluding hydrogens is 486 g/mol. The van der Waals surface area contributed by atoms with Gasteiger partial charge in [0.1, 0.15) is 24.1 Å². The summed E-state index contributed by atoms with van der Waals surface area (Å²) in [6.45, 7) is -0.386. The molecule has 0 spiro atoms. The number of amides is 1. The Morgan fingerprint density at radius 1 is 1.06 bits per heavy atom. The number of nitrogens with one attached hydrogen (secondary N) is 1. The molecule has 2 aromatic carbocycles. The number of rotatable bonds is 9. The van der Waals surface area contributed by atoms with Crippen molar-refractivity contribution in [2.45, 2.75) is 24.5 Å². The standard InChI is InChI=1S/C25H25N3O7S/c29-15-18-20(30)21(34-13-14-36-24(32)17-9-5-2-6-10-17)23(35-18)28-12-11-19(27-25(28)33)26-22(31)16-7-3-1-4-8-16/h1-12,18,20-21,23,29-30H,13-15H2,(H,26,27,31,33)/t18-,20-,21-,23-/m1/s1. The molecule has 0 bridgehead atoms. The number of aromatic nitrogens is 2. The van der Waals surface area contributed by atoms with Crippen molar-refractivity contribution in [1.29, 1.82) is 0 Å². The van der Waals surface area contributed by atoms with Crippen LogP contribution >= 0.6 is 11.8 Å². The van der Waals surface area contributed by atoms with Crippen molar-refractivity contribution < 1.29 is 29.3 Å². The molecular formula is C25H25N3O7S. The molecule has 3 aromatic rings. The zero-order valence-corrected chi connectivity index (χ0v) is 19.9. The van der Waals surface area contributed by atoms with E-state index < -0.39 is 42.7 Å². The van der Waals surface area contributed by atoms with Gasteiger partial charge in [-0.25, -0.2) is 4.79 Å². The Labute approximate surface area is 210 Å². The molecule has 0 aliphatic carbocycles. The van der Waals surface area contributed by atoms with Crippen molar-refractivity contribution >= 4 is 28.6 Å². The molecule has 1 amide bonds. The van der Waals surface area contributed by atoms with Crippen molar-refractivity contribution in [2.24, 2.45) is 0 Å². The summed E-state index contributed by atoms with van der Waals surface area (Å²) in [5, 5.41) is 22.6.